The Morgan fingerprint density at radius 3 is 2.43 bits per heavy atom. The molecule has 0 atom stereocenters. The molecule has 1 amide bonds. The van der Waals surface area contributed by atoms with Crippen LogP contribution in [0.1, 0.15) is 12.8 Å². The smallest absolute Gasteiger partial charge is 0.276 e. The van der Waals surface area contributed by atoms with Crippen LogP contribution in [0.2, 0.25) is 0 Å². The average Bonchev–Trinajstić information content (AvgIpc) is 2.94. The van der Waals surface area contributed by atoms with E-state index in [2.05, 4.69) is 5.32 Å². The minimum Gasteiger partial charge on any atom is -0.454 e. The van der Waals surface area contributed by atoms with Crippen LogP contribution in [-0.2, 0) is 15.0 Å². The molecular formula is C13H18N4O5S. The monoisotopic (exact) mass is 342 g/mol. The molecule has 2 aliphatic rings. The summed E-state index contributed by atoms with van der Waals surface area (Å²) < 4.78 is 34.2. The van der Waals surface area contributed by atoms with Gasteiger partial charge in [-0.2, -0.15) is 12.7 Å². The lowest BCUT2D eigenvalue weighted by molar-refractivity contribution is -0.120. The molecule has 9 nitrogen and oxygen atoms in total. The number of nitrogens with zero attached hydrogens (tertiary/aromatic N) is 1. The predicted octanol–water partition coefficient (Wildman–Crippen LogP) is -0.149. The molecule has 0 spiro atoms. The Labute approximate surface area is 133 Å². The van der Waals surface area contributed by atoms with Gasteiger partial charge in [0, 0.05) is 31.1 Å². The summed E-state index contributed by atoms with van der Waals surface area (Å²) in [5.74, 6) is 0.572. The van der Waals surface area contributed by atoms with Crippen LogP contribution in [0.4, 0.5) is 11.4 Å². The van der Waals surface area contributed by atoms with Crippen molar-refractivity contribution in [2.75, 3.05) is 30.9 Å². The largest absolute Gasteiger partial charge is 0.454 e. The molecule has 10 heteroatoms. The third-order valence-corrected chi connectivity index (χ3v) is 5.07. The van der Waals surface area contributed by atoms with Crippen molar-refractivity contribution in [2.45, 2.75) is 12.8 Å². The standard InChI is InChI=1S/C13H18N4O5S/c14-9-5-11-12(22-7-21-11)6-10(9)16-13(18)8-1-3-17(4-2-8)23(15,19)20/h5-6,8H,1-4,7,14H2,(H,16,18)(H2,15,19,20). The molecule has 2 aliphatic heterocycles. The second-order valence-corrected chi connectivity index (χ2v) is 7.05. The Bertz CT molecular complexity index is 728. The van der Waals surface area contributed by atoms with Crippen LogP contribution in [0.25, 0.3) is 0 Å². The van der Waals surface area contributed by atoms with Crippen LogP contribution in [0.15, 0.2) is 12.1 Å². The van der Waals surface area contributed by atoms with Gasteiger partial charge in [-0.1, -0.05) is 0 Å². The first kappa shape index (κ1) is 15.8. The number of hydrogen-bond donors (Lipinski definition) is 3. The first-order valence-electron chi connectivity index (χ1n) is 7.12. The van der Waals surface area contributed by atoms with Crippen molar-refractivity contribution in [3.05, 3.63) is 12.1 Å². The van der Waals surface area contributed by atoms with E-state index in [1.54, 1.807) is 12.1 Å². The minimum atomic E-state index is -3.70. The number of fused-ring (bicyclic) bond motifs is 1. The van der Waals surface area contributed by atoms with Gasteiger partial charge in [0.2, 0.25) is 12.7 Å². The van der Waals surface area contributed by atoms with E-state index in [0.29, 0.717) is 35.7 Å². The Morgan fingerprint density at radius 1 is 1.22 bits per heavy atom. The third-order valence-electron chi connectivity index (χ3n) is 3.99. The maximum Gasteiger partial charge on any atom is 0.276 e. The first-order valence-corrected chi connectivity index (χ1v) is 8.63. The fraction of sp³-hybridized carbons (Fsp3) is 0.462. The topological polar surface area (TPSA) is 137 Å². The lowest BCUT2D eigenvalue weighted by Crippen LogP contribution is -2.44. The van der Waals surface area contributed by atoms with Crippen molar-refractivity contribution in [3.63, 3.8) is 0 Å². The van der Waals surface area contributed by atoms with Gasteiger partial charge in [-0.25, -0.2) is 5.14 Å². The van der Waals surface area contributed by atoms with Gasteiger partial charge >= 0.3 is 0 Å². The van der Waals surface area contributed by atoms with Gasteiger partial charge in [-0.05, 0) is 12.8 Å². The van der Waals surface area contributed by atoms with Crippen LogP contribution >= 0.6 is 0 Å². The molecule has 126 valence electrons. The van der Waals surface area contributed by atoms with E-state index in [0.717, 1.165) is 0 Å². The van der Waals surface area contributed by atoms with Crippen LogP contribution in [0.5, 0.6) is 11.5 Å². The highest BCUT2D eigenvalue weighted by Crippen LogP contribution is 2.38. The molecule has 5 N–H and O–H groups in total. The summed E-state index contributed by atoms with van der Waals surface area (Å²) in [5.41, 5.74) is 6.73. The molecule has 1 aromatic rings. The zero-order valence-electron chi connectivity index (χ0n) is 12.3. The van der Waals surface area contributed by atoms with Gasteiger partial charge in [0.15, 0.2) is 11.5 Å². The van der Waals surface area contributed by atoms with E-state index in [4.69, 9.17) is 20.3 Å². The average molecular weight is 342 g/mol. The number of benzene rings is 1. The van der Waals surface area contributed by atoms with E-state index in [-0.39, 0.29) is 31.7 Å². The number of carbonyl (C=O) groups excluding carboxylic acids is 1. The SMILES string of the molecule is Nc1cc2c(cc1NC(=O)C1CCN(S(N)(=O)=O)CC1)OCO2. The number of hydrogen-bond acceptors (Lipinski definition) is 6. The molecule has 0 bridgehead atoms. The highest BCUT2D eigenvalue weighted by molar-refractivity contribution is 7.86. The number of nitrogens with two attached hydrogens (primary N) is 2. The summed E-state index contributed by atoms with van der Waals surface area (Å²) in [6.07, 6.45) is 0.819. The Hall–Kier alpha value is -2.04. The van der Waals surface area contributed by atoms with Gasteiger partial charge in [0.05, 0.1) is 11.4 Å². The van der Waals surface area contributed by atoms with E-state index >= 15 is 0 Å². The van der Waals surface area contributed by atoms with Gasteiger partial charge < -0.3 is 20.5 Å². The van der Waals surface area contributed by atoms with Crippen molar-refractivity contribution < 1.29 is 22.7 Å². The number of anilines is 2. The third kappa shape index (κ3) is 3.33. The Balaban J connectivity index is 1.64. The minimum absolute atomic E-state index is 0.123. The number of nitrogens with one attached hydrogen (secondary N) is 1. The van der Waals surface area contributed by atoms with Crippen LogP contribution in [0, 0.1) is 5.92 Å². The molecule has 0 saturated carbocycles. The van der Waals surface area contributed by atoms with Crippen molar-refractivity contribution in [1.29, 1.82) is 0 Å². The maximum atomic E-state index is 12.3. The van der Waals surface area contributed by atoms with Gasteiger partial charge in [0.25, 0.3) is 10.2 Å². The van der Waals surface area contributed by atoms with E-state index in [9.17, 15) is 13.2 Å². The summed E-state index contributed by atoms with van der Waals surface area (Å²) in [6.45, 7) is 0.583. The van der Waals surface area contributed by atoms with Crippen molar-refractivity contribution in [1.82, 2.24) is 4.31 Å². The molecule has 2 heterocycles. The first-order chi connectivity index (χ1) is 10.8. The molecule has 1 saturated heterocycles. The fourth-order valence-corrected chi connectivity index (χ4v) is 3.39. The summed E-state index contributed by atoms with van der Waals surface area (Å²) in [7, 11) is -3.70. The van der Waals surface area contributed by atoms with E-state index in [1.807, 2.05) is 0 Å². The molecule has 23 heavy (non-hydrogen) atoms. The molecule has 0 aromatic heterocycles. The number of amides is 1. The summed E-state index contributed by atoms with van der Waals surface area (Å²) >= 11 is 0. The summed E-state index contributed by atoms with van der Waals surface area (Å²) in [6, 6.07) is 3.22. The highest BCUT2D eigenvalue weighted by atomic mass is 32.2. The number of piperidine rings is 1. The van der Waals surface area contributed by atoms with Gasteiger partial charge in [-0.15, -0.1) is 0 Å². The normalized spacial score (nSPS) is 18.8. The number of ether oxygens (including phenoxy) is 2. The molecule has 1 fully saturated rings. The van der Waals surface area contributed by atoms with E-state index < -0.39 is 10.2 Å². The molecule has 1 aromatic carbocycles. The number of carbonyl (C=O) groups is 1. The number of nitrogen functional groups attached to an aromatic ring is 1. The number of rotatable bonds is 3. The lowest BCUT2D eigenvalue weighted by atomic mass is 9.97. The molecular weight excluding hydrogens is 324 g/mol. The predicted molar refractivity (Wildman–Crippen MR) is 83.0 cm³/mol. The van der Waals surface area contributed by atoms with Crippen molar-refractivity contribution >= 4 is 27.5 Å². The molecule has 0 unspecified atom stereocenters. The van der Waals surface area contributed by atoms with Gasteiger partial charge in [0.1, 0.15) is 0 Å². The second-order valence-electron chi connectivity index (χ2n) is 5.50. The quantitative estimate of drug-likeness (QED) is 0.653. The van der Waals surface area contributed by atoms with Gasteiger partial charge in [-0.3, -0.25) is 4.79 Å². The molecule has 0 radical (unpaired) electrons. The van der Waals surface area contributed by atoms with E-state index in [1.165, 1.54) is 4.31 Å². The Morgan fingerprint density at radius 2 is 1.83 bits per heavy atom. The highest BCUT2D eigenvalue weighted by Gasteiger charge is 2.29. The summed E-state index contributed by atoms with van der Waals surface area (Å²) in [4.78, 5) is 12.3. The van der Waals surface area contributed by atoms with Crippen LogP contribution in [-0.4, -0.2) is 38.5 Å². The molecule has 3 rings (SSSR count). The van der Waals surface area contributed by atoms with Crippen molar-refractivity contribution in [2.24, 2.45) is 11.1 Å². The maximum absolute atomic E-state index is 12.3. The van der Waals surface area contributed by atoms with Crippen molar-refractivity contribution in [3.8, 4) is 11.5 Å². The van der Waals surface area contributed by atoms with Crippen LogP contribution in [0.3, 0.4) is 0 Å². The zero-order chi connectivity index (χ0) is 16.6. The lowest BCUT2D eigenvalue weighted by Gasteiger charge is -2.29. The molecule has 0 aliphatic carbocycles. The Kier molecular flexibility index (Phi) is 4.04. The summed E-state index contributed by atoms with van der Waals surface area (Å²) in [5, 5.41) is 7.85. The fourth-order valence-electron chi connectivity index (χ4n) is 2.67. The zero-order valence-corrected chi connectivity index (χ0v) is 13.1. The van der Waals surface area contributed by atoms with Crippen LogP contribution < -0.4 is 25.7 Å². The second kappa shape index (κ2) is 5.87.